The van der Waals surface area contributed by atoms with Crippen molar-refractivity contribution in [2.24, 2.45) is 0 Å². The van der Waals surface area contributed by atoms with Gasteiger partial charge in [-0.3, -0.25) is 4.40 Å². The van der Waals surface area contributed by atoms with Crippen LogP contribution in [0.1, 0.15) is 30.1 Å². The molecule has 0 fully saturated rings. The standard InChI is InChI=1S/C13H15N5S/c1-3-10(11-5-4-8-19-11)15-12-13-17-16-9(2)18(13)7-6-14-12/h4-8,10H,3H2,1-2H3,(H,14,15). The largest absolute Gasteiger partial charge is 0.359 e. The van der Waals surface area contributed by atoms with Gasteiger partial charge in [-0.15, -0.1) is 21.5 Å². The van der Waals surface area contributed by atoms with Crippen LogP contribution in [0.5, 0.6) is 0 Å². The fourth-order valence-corrected chi connectivity index (χ4v) is 2.93. The Kier molecular flexibility index (Phi) is 3.16. The Bertz CT molecular complexity index is 673. The molecule has 0 amide bonds. The maximum absolute atomic E-state index is 4.39. The van der Waals surface area contributed by atoms with Crippen molar-refractivity contribution in [1.82, 2.24) is 19.6 Å². The van der Waals surface area contributed by atoms with Crippen molar-refractivity contribution in [1.29, 1.82) is 0 Å². The first-order chi connectivity index (χ1) is 9.29. The maximum atomic E-state index is 4.39. The average Bonchev–Trinajstić information content (AvgIpc) is 3.07. The normalized spacial score (nSPS) is 12.7. The predicted octanol–water partition coefficient (Wildman–Crippen LogP) is 3.06. The molecule has 0 aliphatic rings. The third-order valence-corrected chi connectivity index (χ3v) is 4.09. The van der Waals surface area contributed by atoms with E-state index < -0.39 is 0 Å². The lowest BCUT2D eigenvalue weighted by molar-refractivity contribution is 0.758. The van der Waals surface area contributed by atoms with Crippen LogP contribution in [0.15, 0.2) is 29.9 Å². The number of nitrogens with one attached hydrogen (secondary N) is 1. The van der Waals surface area contributed by atoms with Gasteiger partial charge < -0.3 is 5.32 Å². The number of nitrogens with zero attached hydrogens (tertiary/aromatic N) is 4. The SMILES string of the molecule is CCC(Nc1nccn2c(C)nnc12)c1cccs1. The molecule has 3 aromatic rings. The van der Waals surface area contributed by atoms with Gasteiger partial charge in [0.05, 0.1) is 6.04 Å². The Balaban J connectivity index is 1.96. The Morgan fingerprint density at radius 1 is 1.42 bits per heavy atom. The van der Waals surface area contributed by atoms with E-state index >= 15 is 0 Å². The van der Waals surface area contributed by atoms with Crippen LogP contribution < -0.4 is 5.32 Å². The summed E-state index contributed by atoms with van der Waals surface area (Å²) in [5, 5.41) is 13.8. The molecule has 3 heterocycles. The van der Waals surface area contributed by atoms with Gasteiger partial charge in [0, 0.05) is 17.3 Å². The number of rotatable bonds is 4. The predicted molar refractivity (Wildman–Crippen MR) is 76.5 cm³/mol. The Hall–Kier alpha value is -1.95. The lowest BCUT2D eigenvalue weighted by Crippen LogP contribution is -2.10. The molecule has 0 aromatic carbocycles. The van der Waals surface area contributed by atoms with Gasteiger partial charge in [-0.1, -0.05) is 13.0 Å². The highest BCUT2D eigenvalue weighted by molar-refractivity contribution is 7.10. The summed E-state index contributed by atoms with van der Waals surface area (Å²) in [6.07, 6.45) is 4.64. The molecule has 0 saturated carbocycles. The minimum Gasteiger partial charge on any atom is -0.359 e. The van der Waals surface area contributed by atoms with E-state index in [-0.39, 0.29) is 6.04 Å². The van der Waals surface area contributed by atoms with Gasteiger partial charge in [0.15, 0.2) is 5.82 Å². The van der Waals surface area contributed by atoms with Crippen LogP contribution in [0.4, 0.5) is 5.82 Å². The smallest absolute Gasteiger partial charge is 0.203 e. The van der Waals surface area contributed by atoms with Crippen LogP contribution in [-0.2, 0) is 0 Å². The van der Waals surface area contributed by atoms with Gasteiger partial charge in [0.1, 0.15) is 5.82 Å². The fraction of sp³-hybridized carbons (Fsp3) is 0.308. The van der Waals surface area contributed by atoms with Crippen molar-refractivity contribution < 1.29 is 0 Å². The van der Waals surface area contributed by atoms with E-state index in [9.17, 15) is 0 Å². The van der Waals surface area contributed by atoms with Crippen molar-refractivity contribution in [2.45, 2.75) is 26.3 Å². The highest BCUT2D eigenvalue weighted by Gasteiger charge is 2.14. The second-order valence-electron chi connectivity index (χ2n) is 4.34. The van der Waals surface area contributed by atoms with Crippen molar-refractivity contribution in [3.05, 3.63) is 40.6 Å². The molecule has 3 aromatic heterocycles. The van der Waals surface area contributed by atoms with E-state index in [1.165, 1.54) is 4.88 Å². The summed E-state index contributed by atoms with van der Waals surface area (Å²) in [5.41, 5.74) is 0.773. The van der Waals surface area contributed by atoms with Crippen molar-refractivity contribution in [3.63, 3.8) is 0 Å². The second-order valence-corrected chi connectivity index (χ2v) is 5.32. The fourth-order valence-electron chi connectivity index (χ4n) is 2.07. The highest BCUT2D eigenvalue weighted by Crippen LogP contribution is 2.26. The molecule has 19 heavy (non-hydrogen) atoms. The highest BCUT2D eigenvalue weighted by atomic mass is 32.1. The summed E-state index contributed by atoms with van der Waals surface area (Å²) in [4.78, 5) is 5.70. The van der Waals surface area contributed by atoms with Crippen LogP contribution in [-0.4, -0.2) is 19.6 Å². The van der Waals surface area contributed by atoms with E-state index in [0.717, 1.165) is 23.7 Å². The molecule has 1 atom stereocenters. The van der Waals surface area contributed by atoms with Gasteiger partial charge in [-0.25, -0.2) is 4.98 Å². The summed E-state index contributed by atoms with van der Waals surface area (Å²) < 4.78 is 1.94. The molecule has 0 bridgehead atoms. The first-order valence-corrected chi connectivity index (χ1v) is 7.14. The van der Waals surface area contributed by atoms with E-state index in [0.29, 0.717) is 0 Å². The quantitative estimate of drug-likeness (QED) is 0.793. The van der Waals surface area contributed by atoms with Crippen molar-refractivity contribution in [2.75, 3.05) is 5.32 Å². The molecule has 0 spiro atoms. The Labute approximate surface area is 115 Å². The van der Waals surface area contributed by atoms with Crippen LogP contribution >= 0.6 is 11.3 Å². The molecule has 98 valence electrons. The molecular weight excluding hydrogens is 258 g/mol. The van der Waals surface area contributed by atoms with Gasteiger partial charge in [-0.2, -0.15) is 0 Å². The molecule has 1 N–H and O–H groups in total. The lowest BCUT2D eigenvalue weighted by Gasteiger charge is -2.16. The van der Waals surface area contributed by atoms with Crippen molar-refractivity contribution >= 4 is 22.8 Å². The monoisotopic (exact) mass is 273 g/mol. The van der Waals surface area contributed by atoms with Crippen LogP contribution in [0.3, 0.4) is 0 Å². The second kappa shape index (κ2) is 4.97. The van der Waals surface area contributed by atoms with Crippen molar-refractivity contribution in [3.8, 4) is 0 Å². The molecule has 3 rings (SSSR count). The zero-order chi connectivity index (χ0) is 13.2. The number of anilines is 1. The zero-order valence-electron chi connectivity index (χ0n) is 10.9. The Morgan fingerprint density at radius 2 is 2.32 bits per heavy atom. The minimum absolute atomic E-state index is 0.260. The molecule has 6 heteroatoms. The maximum Gasteiger partial charge on any atom is 0.203 e. The van der Waals surface area contributed by atoms with Crippen LogP contribution in [0.2, 0.25) is 0 Å². The summed E-state index contributed by atoms with van der Waals surface area (Å²) in [6, 6.07) is 4.47. The first-order valence-electron chi connectivity index (χ1n) is 6.26. The number of hydrogen-bond acceptors (Lipinski definition) is 5. The third-order valence-electron chi connectivity index (χ3n) is 3.10. The summed E-state index contributed by atoms with van der Waals surface area (Å²) in [7, 11) is 0. The molecule has 0 aliphatic heterocycles. The molecule has 0 saturated heterocycles. The van der Waals surface area contributed by atoms with Gasteiger partial charge in [-0.05, 0) is 24.8 Å². The molecule has 5 nitrogen and oxygen atoms in total. The Morgan fingerprint density at radius 3 is 3.05 bits per heavy atom. The number of thiophene rings is 1. The number of hydrogen-bond donors (Lipinski definition) is 1. The van der Waals surface area contributed by atoms with Crippen LogP contribution in [0, 0.1) is 6.92 Å². The first kappa shape index (κ1) is 12.1. The van der Waals surface area contributed by atoms with E-state index in [1.54, 1.807) is 17.5 Å². The third kappa shape index (κ3) is 2.19. The molecule has 0 radical (unpaired) electrons. The number of aromatic nitrogens is 4. The molecule has 0 aliphatic carbocycles. The molecule has 1 unspecified atom stereocenters. The van der Waals surface area contributed by atoms with Gasteiger partial charge >= 0.3 is 0 Å². The molecular formula is C13H15N5S. The number of fused-ring (bicyclic) bond motifs is 1. The summed E-state index contributed by atoms with van der Waals surface area (Å²) in [5.74, 6) is 1.65. The minimum atomic E-state index is 0.260. The van der Waals surface area contributed by atoms with E-state index in [4.69, 9.17) is 0 Å². The average molecular weight is 273 g/mol. The van der Waals surface area contributed by atoms with Gasteiger partial charge in [0.2, 0.25) is 5.65 Å². The van der Waals surface area contributed by atoms with E-state index in [2.05, 4.69) is 44.9 Å². The van der Waals surface area contributed by atoms with Crippen LogP contribution in [0.25, 0.3) is 5.65 Å². The summed E-state index contributed by atoms with van der Waals surface area (Å²) >= 11 is 1.75. The van der Waals surface area contributed by atoms with Gasteiger partial charge in [0.25, 0.3) is 0 Å². The summed E-state index contributed by atoms with van der Waals surface area (Å²) in [6.45, 7) is 4.09. The zero-order valence-corrected chi connectivity index (χ0v) is 11.7. The lowest BCUT2D eigenvalue weighted by atomic mass is 10.2. The topological polar surface area (TPSA) is 55.1 Å². The number of aryl methyl sites for hydroxylation is 1. The van der Waals surface area contributed by atoms with E-state index in [1.807, 2.05) is 17.5 Å².